The third-order valence-corrected chi connectivity index (χ3v) is 12.0. The van der Waals surface area contributed by atoms with Gasteiger partial charge < -0.3 is 19.6 Å². The quantitative estimate of drug-likeness (QED) is 0.0798. The van der Waals surface area contributed by atoms with Crippen molar-refractivity contribution in [3.63, 3.8) is 0 Å². The second-order valence-corrected chi connectivity index (χ2v) is 18.0. The van der Waals surface area contributed by atoms with Crippen molar-refractivity contribution in [2.75, 3.05) is 78.1 Å². The average Bonchev–Trinajstić information content (AvgIpc) is 3.25. The Morgan fingerprint density at radius 3 is 1.10 bits per heavy atom. The number of nitrogens with one attached hydrogen (secondary N) is 2. The Hall–Kier alpha value is -7.02. The summed E-state index contributed by atoms with van der Waals surface area (Å²) < 4.78 is 0.775. The molecule has 0 radical (unpaired) electrons. The number of hydrogen-bond donors (Lipinski definition) is 2. The van der Waals surface area contributed by atoms with Crippen LogP contribution in [0, 0.1) is 0 Å². The van der Waals surface area contributed by atoms with E-state index in [1.807, 2.05) is 125 Å². The summed E-state index contributed by atoms with van der Waals surface area (Å²) in [4.78, 5) is 81.9. The van der Waals surface area contributed by atoms with Crippen LogP contribution in [0.1, 0.15) is 65.4 Å². The van der Waals surface area contributed by atoms with Crippen LogP contribution in [0.25, 0.3) is 21.5 Å². The van der Waals surface area contributed by atoms with Crippen LogP contribution in [0.3, 0.4) is 0 Å². The summed E-state index contributed by atoms with van der Waals surface area (Å²) in [6.45, 7) is 2.18. The summed E-state index contributed by atoms with van der Waals surface area (Å²) in [6, 6.07) is 37.5. The zero-order valence-electron chi connectivity index (χ0n) is 36.1. The molecule has 0 saturated heterocycles. The maximum atomic E-state index is 13.3. The third-order valence-electron chi connectivity index (χ3n) is 12.0. The highest BCUT2D eigenvalue weighted by Gasteiger charge is 2.34. The lowest BCUT2D eigenvalue weighted by Gasteiger charge is -2.31. The van der Waals surface area contributed by atoms with Gasteiger partial charge in [0.1, 0.15) is 0 Å². The number of quaternary nitrogens is 2. The smallest absolute Gasteiger partial charge is 0.279 e. The van der Waals surface area contributed by atoms with E-state index in [1.54, 1.807) is 24.3 Å². The van der Waals surface area contributed by atoms with E-state index in [2.05, 4.69) is 10.6 Å². The van der Waals surface area contributed by atoms with Crippen molar-refractivity contribution in [2.24, 2.45) is 0 Å². The van der Waals surface area contributed by atoms with Crippen molar-refractivity contribution in [1.82, 2.24) is 9.80 Å². The predicted octanol–water partition coefficient (Wildman–Crippen LogP) is 6.99. The summed E-state index contributed by atoms with van der Waals surface area (Å²) in [7, 11) is 7.84. The molecule has 320 valence electrons. The normalized spacial score (nSPS) is 13.8. The second kappa shape index (κ2) is 17.4. The molecule has 0 atom stereocenters. The number of amides is 6. The molecule has 6 aromatic carbocycles. The maximum absolute atomic E-state index is 13.3. The van der Waals surface area contributed by atoms with Gasteiger partial charge in [0.15, 0.2) is 13.1 Å². The van der Waals surface area contributed by atoms with Gasteiger partial charge in [-0.15, -0.1) is 0 Å². The summed E-state index contributed by atoms with van der Waals surface area (Å²) in [5, 5.41) is 9.18. The van der Waals surface area contributed by atoms with Crippen LogP contribution in [-0.4, -0.2) is 122 Å². The Balaban J connectivity index is 0.756. The number of carbonyl (C=O) groups is 6. The molecule has 2 heterocycles. The molecule has 2 aliphatic rings. The molecule has 6 amide bonds. The highest BCUT2D eigenvalue weighted by molar-refractivity contribution is 6.26. The first-order valence-electron chi connectivity index (χ1n) is 21.3. The molecule has 0 bridgehead atoms. The van der Waals surface area contributed by atoms with Gasteiger partial charge in [-0.2, -0.15) is 0 Å². The number of anilines is 2. The van der Waals surface area contributed by atoms with Gasteiger partial charge in [-0.25, -0.2) is 0 Å². The van der Waals surface area contributed by atoms with E-state index in [0.29, 0.717) is 85.7 Å². The molecule has 63 heavy (non-hydrogen) atoms. The van der Waals surface area contributed by atoms with Gasteiger partial charge in [-0.05, 0) is 76.9 Å². The molecule has 2 N–H and O–H groups in total. The number of nitrogens with zero attached hydrogens (tertiary/aromatic N) is 4. The molecule has 12 nitrogen and oxygen atoms in total. The fourth-order valence-corrected chi connectivity index (χ4v) is 8.87. The van der Waals surface area contributed by atoms with Gasteiger partial charge in [-0.3, -0.25) is 38.6 Å². The second-order valence-electron chi connectivity index (χ2n) is 18.0. The molecule has 12 heteroatoms. The summed E-state index contributed by atoms with van der Waals surface area (Å²) in [5.74, 6) is -1.39. The van der Waals surface area contributed by atoms with E-state index in [1.165, 1.54) is 9.80 Å². The topological polar surface area (TPSA) is 133 Å². The zero-order valence-corrected chi connectivity index (χ0v) is 36.1. The van der Waals surface area contributed by atoms with Gasteiger partial charge in [0, 0.05) is 70.3 Å². The van der Waals surface area contributed by atoms with Crippen molar-refractivity contribution in [2.45, 2.75) is 19.3 Å². The van der Waals surface area contributed by atoms with Gasteiger partial charge >= 0.3 is 0 Å². The molecule has 0 aromatic heterocycles. The van der Waals surface area contributed by atoms with Gasteiger partial charge in [-0.1, -0.05) is 72.8 Å². The molecule has 0 fully saturated rings. The first-order valence-corrected chi connectivity index (χ1v) is 21.3. The highest BCUT2D eigenvalue weighted by Crippen LogP contribution is 2.31. The summed E-state index contributed by atoms with van der Waals surface area (Å²) in [5.41, 5.74) is 5.69. The summed E-state index contributed by atoms with van der Waals surface area (Å²) in [6.07, 6.45) is 1.78. The first kappa shape index (κ1) is 42.7. The highest BCUT2D eigenvalue weighted by atomic mass is 16.2. The minimum atomic E-state index is -0.281. The minimum Gasteiger partial charge on any atom is -0.321 e. The largest absolute Gasteiger partial charge is 0.321 e. The summed E-state index contributed by atoms with van der Waals surface area (Å²) >= 11 is 0. The number of benzene rings is 6. The van der Waals surface area contributed by atoms with Crippen molar-refractivity contribution in [3.8, 4) is 0 Å². The van der Waals surface area contributed by atoms with Gasteiger partial charge in [0.05, 0.1) is 41.3 Å². The van der Waals surface area contributed by atoms with Gasteiger partial charge in [0.25, 0.3) is 35.4 Å². The molecule has 6 aromatic rings. The van der Waals surface area contributed by atoms with E-state index in [-0.39, 0.29) is 61.6 Å². The molecule has 0 unspecified atom stereocenters. The van der Waals surface area contributed by atoms with Crippen LogP contribution in [-0.2, 0) is 16.0 Å². The van der Waals surface area contributed by atoms with E-state index >= 15 is 0 Å². The zero-order chi connectivity index (χ0) is 44.5. The number of rotatable bonds is 16. The van der Waals surface area contributed by atoms with Crippen molar-refractivity contribution >= 4 is 68.4 Å². The number of hydrogen-bond acceptors (Lipinski definition) is 6. The number of likely N-dealkylation sites (N-methyl/N-ethyl adjacent to an activating group) is 2. The average molecular weight is 845 g/mol. The molecular weight excluding hydrogens is 793 g/mol. The fourth-order valence-electron chi connectivity index (χ4n) is 8.87. The predicted molar refractivity (Wildman–Crippen MR) is 244 cm³/mol. The maximum Gasteiger partial charge on any atom is 0.279 e. The molecule has 2 aliphatic heterocycles. The lowest BCUT2D eigenvalue weighted by Crippen LogP contribution is -2.48. The Labute approximate surface area is 366 Å². The van der Waals surface area contributed by atoms with Crippen LogP contribution >= 0.6 is 0 Å². The van der Waals surface area contributed by atoms with Crippen molar-refractivity contribution in [1.29, 1.82) is 0 Å². The van der Waals surface area contributed by atoms with Crippen LogP contribution in [0.2, 0.25) is 0 Å². The lowest BCUT2D eigenvalue weighted by molar-refractivity contribution is -0.882. The number of imide groups is 2. The van der Waals surface area contributed by atoms with E-state index in [9.17, 15) is 28.8 Å². The molecule has 0 spiro atoms. The van der Waals surface area contributed by atoms with Crippen LogP contribution in [0.4, 0.5) is 11.4 Å². The molecule has 0 aliphatic carbocycles. The Morgan fingerprint density at radius 2 is 0.778 bits per heavy atom. The molecule has 8 rings (SSSR count). The monoisotopic (exact) mass is 844 g/mol. The standard InChI is InChI=1S/C51H50N6O6/c1-56(2,29-9-27-54-48(60)40-15-5-11-36-12-6-16-41(46(36)40)49(54)61)32-44(58)52-38-23-19-34(20-24-38)31-35-21-25-39(26-22-35)53-45(59)33-57(3,4)30-10-28-55-50(62)42-17-7-13-37-14-8-18-43(47(37)42)51(55)63/h5-8,11-26H,9-10,27-33H2,1-4H3/p+2. The van der Waals surface area contributed by atoms with Crippen molar-refractivity contribution in [3.05, 3.63) is 155 Å². The molecule has 0 saturated carbocycles. The first-order chi connectivity index (χ1) is 30.2. The third kappa shape index (κ3) is 9.28. The van der Waals surface area contributed by atoms with Gasteiger partial charge in [0.2, 0.25) is 0 Å². The van der Waals surface area contributed by atoms with Crippen LogP contribution in [0.15, 0.2) is 121 Å². The Kier molecular flexibility index (Phi) is 11.8. The fraction of sp³-hybridized carbons (Fsp3) is 0.255. The minimum absolute atomic E-state index is 0.131. The van der Waals surface area contributed by atoms with Crippen LogP contribution in [0.5, 0.6) is 0 Å². The SMILES string of the molecule is C[N+](C)(CCCN1C(=O)c2cccc3cccc(c23)C1=O)CC(=O)Nc1ccc(Cc2ccc(NC(=O)C[N+](C)(C)CCCN3C(=O)c4cccc5cccc(c45)C3=O)cc2)cc1. The number of carbonyl (C=O) groups excluding carboxylic acids is 6. The van der Waals surface area contributed by atoms with E-state index in [0.717, 1.165) is 21.9 Å². The van der Waals surface area contributed by atoms with Crippen molar-refractivity contribution < 1.29 is 37.7 Å². The van der Waals surface area contributed by atoms with E-state index in [4.69, 9.17) is 0 Å². The Morgan fingerprint density at radius 1 is 0.460 bits per heavy atom. The Bertz CT molecular complexity index is 2500. The lowest BCUT2D eigenvalue weighted by atomic mass is 9.94. The van der Waals surface area contributed by atoms with E-state index < -0.39 is 0 Å². The van der Waals surface area contributed by atoms with Crippen LogP contribution < -0.4 is 10.6 Å². The molecular formula is C51H52N6O6+2.